The highest BCUT2D eigenvalue weighted by Crippen LogP contribution is 2.34. The summed E-state index contributed by atoms with van der Waals surface area (Å²) in [5.74, 6) is 1.14. The molecule has 13 heavy (non-hydrogen) atoms. The maximum Gasteiger partial charge on any atom is 0.154 e. The molecule has 0 aliphatic carbocycles. The molecular formula is C7H11BrN4S. The first-order valence-electron chi connectivity index (χ1n) is 4.11. The van der Waals surface area contributed by atoms with Crippen LogP contribution in [0.15, 0.2) is 4.60 Å². The molecule has 2 heterocycles. The lowest BCUT2D eigenvalue weighted by molar-refractivity contribution is 0.578. The van der Waals surface area contributed by atoms with Crippen LogP contribution in [-0.2, 0) is 7.05 Å². The predicted octanol–water partition coefficient (Wildman–Crippen LogP) is 1.30. The van der Waals surface area contributed by atoms with E-state index in [0.29, 0.717) is 11.4 Å². The Kier molecular flexibility index (Phi) is 2.62. The fourth-order valence-corrected chi connectivity index (χ4v) is 3.41. The summed E-state index contributed by atoms with van der Waals surface area (Å²) in [6, 6.07) is 0.566. The van der Waals surface area contributed by atoms with E-state index in [1.807, 2.05) is 23.5 Å². The molecule has 0 bridgehead atoms. The van der Waals surface area contributed by atoms with E-state index in [1.54, 1.807) is 0 Å². The Labute approximate surface area is 89.6 Å². The Hall–Kier alpha value is -0.0700. The zero-order valence-corrected chi connectivity index (χ0v) is 9.89. The predicted molar refractivity (Wildman–Crippen MR) is 56.5 cm³/mol. The summed E-state index contributed by atoms with van der Waals surface area (Å²) in [4.78, 5) is 0. The molecule has 4 nitrogen and oxygen atoms in total. The average molecular weight is 263 g/mol. The first kappa shape index (κ1) is 9.48. The zero-order valence-electron chi connectivity index (χ0n) is 7.49. The standard InChI is InChI=1S/C7H11BrN4S/c1-4-3-13-7(9-4)5-6(8)10-11-12(5)2/h4,7,9H,3H2,1-2H3. The quantitative estimate of drug-likeness (QED) is 0.829. The van der Waals surface area contributed by atoms with Gasteiger partial charge in [-0.15, -0.1) is 16.9 Å². The summed E-state index contributed by atoms with van der Waals surface area (Å²) in [6.07, 6.45) is 0. The summed E-state index contributed by atoms with van der Waals surface area (Å²) < 4.78 is 2.65. The highest BCUT2D eigenvalue weighted by molar-refractivity contribution is 9.10. The van der Waals surface area contributed by atoms with Gasteiger partial charge in [-0.1, -0.05) is 5.21 Å². The van der Waals surface area contributed by atoms with Crippen molar-refractivity contribution < 1.29 is 0 Å². The maximum absolute atomic E-state index is 3.96. The van der Waals surface area contributed by atoms with E-state index in [1.165, 1.54) is 0 Å². The largest absolute Gasteiger partial charge is 0.297 e. The molecular weight excluding hydrogens is 252 g/mol. The van der Waals surface area contributed by atoms with Crippen molar-refractivity contribution in [1.29, 1.82) is 0 Å². The Balaban J connectivity index is 2.25. The molecule has 0 spiro atoms. The molecule has 1 aliphatic rings. The number of aromatic nitrogens is 3. The molecule has 1 aliphatic heterocycles. The third-order valence-corrected chi connectivity index (χ3v) is 3.97. The molecule has 6 heteroatoms. The number of halogens is 1. The summed E-state index contributed by atoms with van der Waals surface area (Å²) >= 11 is 5.29. The fourth-order valence-electron chi connectivity index (χ4n) is 1.37. The Bertz CT molecular complexity index is 294. The summed E-state index contributed by atoms with van der Waals surface area (Å²) in [5.41, 5.74) is 1.12. The summed E-state index contributed by atoms with van der Waals surface area (Å²) in [6.45, 7) is 2.19. The number of nitrogens with one attached hydrogen (secondary N) is 1. The molecule has 2 unspecified atom stereocenters. The van der Waals surface area contributed by atoms with Crippen molar-refractivity contribution in [3.8, 4) is 0 Å². The number of aryl methyl sites for hydroxylation is 1. The Morgan fingerprint density at radius 2 is 2.46 bits per heavy atom. The van der Waals surface area contributed by atoms with Crippen LogP contribution in [0.3, 0.4) is 0 Å². The van der Waals surface area contributed by atoms with Gasteiger partial charge in [0.05, 0.1) is 5.37 Å². The minimum atomic E-state index is 0.323. The van der Waals surface area contributed by atoms with Gasteiger partial charge in [0, 0.05) is 18.8 Å². The normalized spacial score (nSPS) is 28.2. The molecule has 0 radical (unpaired) electrons. The minimum Gasteiger partial charge on any atom is -0.297 e. The number of hydrogen-bond acceptors (Lipinski definition) is 4. The van der Waals surface area contributed by atoms with E-state index < -0.39 is 0 Å². The lowest BCUT2D eigenvalue weighted by Gasteiger charge is -2.10. The zero-order chi connectivity index (χ0) is 9.42. The number of nitrogens with zero attached hydrogens (tertiary/aromatic N) is 3. The van der Waals surface area contributed by atoms with Crippen molar-refractivity contribution in [2.45, 2.75) is 18.3 Å². The van der Waals surface area contributed by atoms with Crippen LogP contribution in [0, 0.1) is 0 Å². The number of thioether (sulfide) groups is 1. The molecule has 1 N–H and O–H groups in total. The molecule has 0 amide bonds. The summed E-state index contributed by atoms with van der Waals surface area (Å²) in [5, 5.41) is 11.7. The Morgan fingerprint density at radius 1 is 1.69 bits per heavy atom. The van der Waals surface area contributed by atoms with Gasteiger partial charge < -0.3 is 0 Å². The van der Waals surface area contributed by atoms with Gasteiger partial charge in [0.2, 0.25) is 0 Å². The lowest BCUT2D eigenvalue weighted by atomic mass is 10.3. The van der Waals surface area contributed by atoms with Crippen LogP contribution < -0.4 is 5.32 Å². The molecule has 1 aromatic rings. The number of hydrogen-bond donors (Lipinski definition) is 1. The van der Waals surface area contributed by atoms with Crippen LogP contribution in [0.2, 0.25) is 0 Å². The highest BCUT2D eigenvalue weighted by Gasteiger charge is 2.27. The molecule has 1 aromatic heterocycles. The van der Waals surface area contributed by atoms with E-state index in [4.69, 9.17) is 0 Å². The topological polar surface area (TPSA) is 42.7 Å². The second kappa shape index (κ2) is 3.59. The maximum atomic E-state index is 3.96. The number of rotatable bonds is 1. The van der Waals surface area contributed by atoms with Gasteiger partial charge in [0.25, 0.3) is 0 Å². The third kappa shape index (κ3) is 1.75. The molecule has 2 rings (SSSR count). The van der Waals surface area contributed by atoms with E-state index in [-0.39, 0.29) is 0 Å². The molecule has 72 valence electrons. The van der Waals surface area contributed by atoms with Crippen LogP contribution in [0.25, 0.3) is 0 Å². The van der Waals surface area contributed by atoms with Crippen LogP contribution in [-0.4, -0.2) is 26.8 Å². The molecule has 1 fully saturated rings. The lowest BCUT2D eigenvalue weighted by Crippen LogP contribution is -2.23. The van der Waals surface area contributed by atoms with Crippen LogP contribution in [0.4, 0.5) is 0 Å². The van der Waals surface area contributed by atoms with Gasteiger partial charge in [-0.05, 0) is 22.9 Å². The smallest absolute Gasteiger partial charge is 0.154 e. The molecule has 0 aromatic carbocycles. The first-order valence-corrected chi connectivity index (χ1v) is 5.95. The van der Waals surface area contributed by atoms with E-state index in [9.17, 15) is 0 Å². The second-order valence-electron chi connectivity index (χ2n) is 3.17. The summed E-state index contributed by atoms with van der Waals surface area (Å²) in [7, 11) is 1.92. The second-order valence-corrected chi connectivity index (χ2v) is 5.06. The van der Waals surface area contributed by atoms with Gasteiger partial charge in [0.1, 0.15) is 5.69 Å². The van der Waals surface area contributed by atoms with Crippen molar-refractivity contribution in [1.82, 2.24) is 20.3 Å². The van der Waals surface area contributed by atoms with Gasteiger partial charge >= 0.3 is 0 Å². The van der Waals surface area contributed by atoms with E-state index in [2.05, 4.69) is 38.5 Å². The van der Waals surface area contributed by atoms with Crippen molar-refractivity contribution in [2.75, 3.05) is 5.75 Å². The van der Waals surface area contributed by atoms with Crippen LogP contribution >= 0.6 is 27.7 Å². The average Bonchev–Trinajstić information content (AvgIpc) is 2.60. The third-order valence-electron chi connectivity index (χ3n) is 2.02. The van der Waals surface area contributed by atoms with Crippen LogP contribution in [0.1, 0.15) is 18.0 Å². The fraction of sp³-hybridized carbons (Fsp3) is 0.714. The molecule has 2 atom stereocenters. The van der Waals surface area contributed by atoms with Gasteiger partial charge in [-0.25, -0.2) is 4.68 Å². The monoisotopic (exact) mass is 262 g/mol. The van der Waals surface area contributed by atoms with Gasteiger partial charge in [0.15, 0.2) is 4.60 Å². The molecule has 1 saturated heterocycles. The van der Waals surface area contributed by atoms with Crippen molar-refractivity contribution in [3.05, 3.63) is 10.3 Å². The van der Waals surface area contributed by atoms with Gasteiger partial charge in [-0.3, -0.25) is 5.32 Å². The van der Waals surface area contributed by atoms with E-state index >= 15 is 0 Å². The van der Waals surface area contributed by atoms with Crippen molar-refractivity contribution in [2.24, 2.45) is 7.05 Å². The highest BCUT2D eigenvalue weighted by atomic mass is 79.9. The minimum absolute atomic E-state index is 0.323. The Morgan fingerprint density at radius 3 is 2.92 bits per heavy atom. The van der Waals surface area contributed by atoms with Crippen molar-refractivity contribution in [3.63, 3.8) is 0 Å². The SMILES string of the molecule is CC1CSC(c2c(Br)nnn2C)N1. The van der Waals surface area contributed by atoms with Gasteiger partial charge in [-0.2, -0.15) is 0 Å². The van der Waals surface area contributed by atoms with Crippen molar-refractivity contribution >= 4 is 27.7 Å². The van der Waals surface area contributed by atoms with Crippen LogP contribution in [0.5, 0.6) is 0 Å². The van der Waals surface area contributed by atoms with E-state index in [0.717, 1.165) is 16.0 Å². The first-order chi connectivity index (χ1) is 6.18. The molecule has 0 saturated carbocycles.